The third kappa shape index (κ3) is 3.99. The number of esters is 2. The number of carbonyl (C=O) groups is 3. The SMILES string of the molecule is CSN1C(=O)[C@@H](OC(=O)CC2CCOC(=O)CC2)[C@H]1c1ccccc1Cl. The number of cyclic esters (lactones) is 1. The normalized spacial score (nSPS) is 25.9. The highest BCUT2D eigenvalue weighted by Gasteiger charge is 2.51. The summed E-state index contributed by atoms with van der Waals surface area (Å²) in [5.74, 6) is -0.875. The molecule has 0 bridgehead atoms. The standard InChI is InChI=1S/C18H20ClNO5S/c1-26-20-16(12-4-2-3-5-13(12)19)17(18(20)23)25-15(22)10-11-6-7-14(21)24-9-8-11/h2-5,11,16-17H,6-10H2,1H3/t11?,16-,17+/m1/s1. The van der Waals surface area contributed by atoms with Crippen LogP contribution in [0.2, 0.25) is 5.02 Å². The number of nitrogens with zero attached hydrogens (tertiary/aromatic N) is 1. The van der Waals surface area contributed by atoms with Crippen LogP contribution in [-0.4, -0.2) is 41.1 Å². The van der Waals surface area contributed by atoms with Crippen LogP contribution in [0, 0.1) is 5.92 Å². The Kier molecular flexibility index (Phi) is 6.09. The maximum atomic E-state index is 12.4. The van der Waals surface area contributed by atoms with E-state index in [1.807, 2.05) is 18.2 Å². The van der Waals surface area contributed by atoms with Crippen molar-refractivity contribution in [3.05, 3.63) is 34.9 Å². The van der Waals surface area contributed by atoms with Gasteiger partial charge in [-0.15, -0.1) is 0 Å². The first-order chi connectivity index (χ1) is 12.5. The van der Waals surface area contributed by atoms with E-state index < -0.39 is 18.1 Å². The number of carbonyl (C=O) groups excluding carboxylic acids is 3. The molecule has 26 heavy (non-hydrogen) atoms. The number of hydrogen-bond donors (Lipinski definition) is 0. The minimum Gasteiger partial charge on any atom is -0.466 e. The lowest BCUT2D eigenvalue weighted by Gasteiger charge is -2.44. The van der Waals surface area contributed by atoms with Crippen LogP contribution in [0.15, 0.2) is 24.3 Å². The molecular formula is C18H20ClNO5S. The third-order valence-electron chi connectivity index (χ3n) is 4.68. The fourth-order valence-electron chi connectivity index (χ4n) is 3.27. The zero-order valence-corrected chi connectivity index (χ0v) is 15.9. The molecule has 1 aromatic carbocycles. The van der Waals surface area contributed by atoms with E-state index in [4.69, 9.17) is 21.1 Å². The van der Waals surface area contributed by atoms with E-state index in [0.29, 0.717) is 30.9 Å². The van der Waals surface area contributed by atoms with Gasteiger partial charge in [-0.3, -0.25) is 18.7 Å². The van der Waals surface area contributed by atoms with Crippen molar-refractivity contribution in [1.82, 2.24) is 4.31 Å². The molecule has 140 valence electrons. The summed E-state index contributed by atoms with van der Waals surface area (Å²) in [7, 11) is 0. The molecule has 0 saturated carbocycles. The van der Waals surface area contributed by atoms with E-state index in [-0.39, 0.29) is 24.2 Å². The van der Waals surface area contributed by atoms with Crippen LogP contribution in [0.1, 0.15) is 37.3 Å². The predicted molar refractivity (Wildman–Crippen MR) is 97.4 cm³/mol. The summed E-state index contributed by atoms with van der Waals surface area (Å²) in [5.41, 5.74) is 0.759. The van der Waals surface area contributed by atoms with Gasteiger partial charge in [-0.1, -0.05) is 41.7 Å². The Morgan fingerprint density at radius 2 is 2.12 bits per heavy atom. The minimum atomic E-state index is -0.862. The van der Waals surface area contributed by atoms with Crippen LogP contribution in [-0.2, 0) is 23.9 Å². The van der Waals surface area contributed by atoms with Gasteiger partial charge in [0, 0.05) is 24.1 Å². The van der Waals surface area contributed by atoms with Crippen LogP contribution in [0.25, 0.3) is 0 Å². The van der Waals surface area contributed by atoms with Crippen LogP contribution in [0.5, 0.6) is 0 Å². The molecule has 1 unspecified atom stereocenters. The van der Waals surface area contributed by atoms with Crippen LogP contribution >= 0.6 is 23.5 Å². The van der Waals surface area contributed by atoms with Crippen molar-refractivity contribution in [2.75, 3.05) is 12.9 Å². The van der Waals surface area contributed by atoms with E-state index >= 15 is 0 Å². The Balaban J connectivity index is 1.65. The Bertz CT molecular complexity index is 713. The smallest absolute Gasteiger partial charge is 0.306 e. The van der Waals surface area contributed by atoms with Gasteiger partial charge >= 0.3 is 11.9 Å². The van der Waals surface area contributed by atoms with Crippen LogP contribution < -0.4 is 0 Å². The molecular weight excluding hydrogens is 378 g/mol. The zero-order chi connectivity index (χ0) is 18.7. The van der Waals surface area contributed by atoms with Gasteiger partial charge in [0.2, 0.25) is 6.10 Å². The molecule has 0 N–H and O–H groups in total. The second kappa shape index (κ2) is 8.31. The molecule has 0 radical (unpaired) electrons. The number of benzene rings is 1. The van der Waals surface area contributed by atoms with E-state index in [1.54, 1.807) is 16.6 Å². The van der Waals surface area contributed by atoms with Gasteiger partial charge in [0.25, 0.3) is 5.91 Å². The molecule has 2 fully saturated rings. The Hall–Kier alpha value is -1.73. The monoisotopic (exact) mass is 397 g/mol. The molecule has 2 aliphatic heterocycles. The molecule has 8 heteroatoms. The Labute approximate surface area is 161 Å². The average molecular weight is 398 g/mol. The van der Waals surface area contributed by atoms with E-state index in [0.717, 1.165) is 5.56 Å². The molecule has 3 atom stereocenters. The number of hydrogen-bond acceptors (Lipinski definition) is 6. The number of amides is 1. The number of halogens is 1. The van der Waals surface area contributed by atoms with Gasteiger partial charge in [-0.05, 0) is 30.4 Å². The predicted octanol–water partition coefficient (Wildman–Crippen LogP) is 3.15. The molecule has 1 aromatic rings. The molecule has 0 spiro atoms. The van der Waals surface area contributed by atoms with E-state index in [2.05, 4.69) is 0 Å². The van der Waals surface area contributed by atoms with Gasteiger partial charge in [0.15, 0.2) is 0 Å². The lowest BCUT2D eigenvalue weighted by atomic mass is 9.93. The van der Waals surface area contributed by atoms with E-state index in [9.17, 15) is 14.4 Å². The average Bonchev–Trinajstić information content (AvgIpc) is 2.82. The fourth-order valence-corrected chi connectivity index (χ4v) is 4.25. The molecule has 0 aliphatic carbocycles. The number of ether oxygens (including phenoxy) is 2. The first-order valence-electron chi connectivity index (χ1n) is 8.48. The minimum absolute atomic E-state index is 0.0274. The van der Waals surface area contributed by atoms with Crippen molar-refractivity contribution in [3.63, 3.8) is 0 Å². The Morgan fingerprint density at radius 1 is 1.35 bits per heavy atom. The summed E-state index contributed by atoms with van der Waals surface area (Å²) < 4.78 is 12.1. The number of β-lactam (4-membered cyclic amide) rings is 1. The molecule has 0 aromatic heterocycles. The molecule has 2 aliphatic rings. The first-order valence-corrected chi connectivity index (χ1v) is 10.0. The van der Waals surface area contributed by atoms with Crippen molar-refractivity contribution in [1.29, 1.82) is 0 Å². The summed E-state index contributed by atoms with van der Waals surface area (Å²) >= 11 is 7.54. The van der Waals surface area contributed by atoms with Gasteiger partial charge in [0.1, 0.15) is 6.04 Å². The van der Waals surface area contributed by atoms with Crippen molar-refractivity contribution in [2.24, 2.45) is 5.92 Å². The lowest BCUT2D eigenvalue weighted by molar-refractivity contribution is -0.175. The summed E-state index contributed by atoms with van der Waals surface area (Å²) in [6.07, 6.45) is 2.64. The quantitative estimate of drug-likeness (QED) is 0.431. The van der Waals surface area contributed by atoms with Crippen molar-refractivity contribution >= 4 is 41.4 Å². The maximum absolute atomic E-state index is 12.4. The molecule has 1 amide bonds. The molecule has 6 nitrogen and oxygen atoms in total. The highest BCUT2D eigenvalue weighted by Crippen LogP contribution is 2.43. The summed E-state index contributed by atoms with van der Waals surface area (Å²) in [6.45, 7) is 0.321. The van der Waals surface area contributed by atoms with Gasteiger partial charge < -0.3 is 9.47 Å². The number of rotatable bonds is 5. The van der Waals surface area contributed by atoms with Crippen molar-refractivity contribution in [3.8, 4) is 0 Å². The van der Waals surface area contributed by atoms with Gasteiger partial charge in [-0.25, -0.2) is 0 Å². The van der Waals surface area contributed by atoms with Crippen LogP contribution in [0.3, 0.4) is 0 Å². The molecule has 2 saturated heterocycles. The highest BCUT2D eigenvalue weighted by molar-refractivity contribution is 7.96. The third-order valence-corrected chi connectivity index (χ3v) is 5.82. The summed E-state index contributed by atoms with van der Waals surface area (Å²) in [6, 6.07) is 6.84. The van der Waals surface area contributed by atoms with Gasteiger partial charge in [0.05, 0.1) is 6.61 Å². The van der Waals surface area contributed by atoms with Gasteiger partial charge in [-0.2, -0.15) is 0 Å². The lowest BCUT2D eigenvalue weighted by Crippen LogP contribution is -2.57. The Morgan fingerprint density at radius 3 is 2.85 bits per heavy atom. The van der Waals surface area contributed by atoms with E-state index in [1.165, 1.54) is 11.9 Å². The fraction of sp³-hybridized carbons (Fsp3) is 0.500. The topological polar surface area (TPSA) is 72.9 Å². The van der Waals surface area contributed by atoms with Crippen molar-refractivity contribution in [2.45, 2.75) is 37.8 Å². The highest BCUT2D eigenvalue weighted by atomic mass is 35.5. The van der Waals surface area contributed by atoms with Crippen LogP contribution in [0.4, 0.5) is 0 Å². The second-order valence-electron chi connectivity index (χ2n) is 6.34. The largest absolute Gasteiger partial charge is 0.466 e. The zero-order valence-electron chi connectivity index (χ0n) is 14.4. The maximum Gasteiger partial charge on any atom is 0.306 e. The first kappa shape index (κ1) is 19.0. The molecule has 3 rings (SSSR count). The summed E-state index contributed by atoms with van der Waals surface area (Å²) in [4.78, 5) is 36.0. The molecule has 2 heterocycles. The summed E-state index contributed by atoms with van der Waals surface area (Å²) in [5, 5.41) is 0.532. The second-order valence-corrected chi connectivity index (χ2v) is 7.51. The van der Waals surface area contributed by atoms with Crippen molar-refractivity contribution < 1.29 is 23.9 Å².